The quantitative estimate of drug-likeness (QED) is 0.830. The SMILES string of the molecule is Cn1cc(C(=O)N2CCCC23CN(c2cccc(F)c2)C(C)(C)C3)cn1. The van der Waals surface area contributed by atoms with Crippen molar-refractivity contribution in [3.05, 3.63) is 48.0 Å². The maximum atomic E-state index is 13.8. The molecule has 1 aromatic carbocycles. The summed E-state index contributed by atoms with van der Waals surface area (Å²) in [6, 6.07) is 6.75. The summed E-state index contributed by atoms with van der Waals surface area (Å²) in [5.41, 5.74) is 1.16. The molecule has 3 heterocycles. The molecule has 4 rings (SSSR count). The van der Waals surface area contributed by atoms with Crippen LogP contribution in [0, 0.1) is 5.82 Å². The Labute approximate surface area is 153 Å². The van der Waals surface area contributed by atoms with Gasteiger partial charge in [-0.15, -0.1) is 0 Å². The van der Waals surface area contributed by atoms with Gasteiger partial charge in [0.2, 0.25) is 0 Å². The van der Waals surface area contributed by atoms with E-state index in [-0.39, 0.29) is 22.8 Å². The Morgan fingerprint density at radius 2 is 2.12 bits per heavy atom. The molecule has 26 heavy (non-hydrogen) atoms. The second kappa shape index (κ2) is 5.83. The molecular formula is C20H25FN4O. The van der Waals surface area contributed by atoms with Crippen LogP contribution < -0.4 is 4.90 Å². The molecule has 2 aromatic rings. The standard InChI is InChI=1S/C20H25FN4O/c1-19(2)13-20(14-25(19)17-7-4-6-16(21)10-17)8-5-9-24(20)18(26)15-11-22-23(3)12-15/h4,6-7,10-12H,5,8-9,13-14H2,1-3H3. The molecule has 0 saturated carbocycles. The van der Waals surface area contributed by atoms with Crippen molar-refractivity contribution in [3.8, 4) is 0 Å². The highest BCUT2D eigenvalue weighted by atomic mass is 19.1. The van der Waals surface area contributed by atoms with Crippen LogP contribution in [0.15, 0.2) is 36.7 Å². The highest BCUT2D eigenvalue weighted by molar-refractivity contribution is 5.94. The number of hydrogen-bond donors (Lipinski definition) is 0. The van der Waals surface area contributed by atoms with E-state index in [0.717, 1.165) is 38.0 Å². The number of rotatable bonds is 2. The fraction of sp³-hybridized carbons (Fsp3) is 0.500. The molecule has 1 amide bonds. The fourth-order valence-corrected chi connectivity index (χ4v) is 4.84. The van der Waals surface area contributed by atoms with E-state index in [0.29, 0.717) is 5.56 Å². The third kappa shape index (κ3) is 2.68. The molecule has 0 aliphatic carbocycles. The van der Waals surface area contributed by atoms with Crippen molar-refractivity contribution in [2.45, 2.75) is 44.2 Å². The van der Waals surface area contributed by atoms with E-state index in [9.17, 15) is 9.18 Å². The summed E-state index contributed by atoms with van der Waals surface area (Å²) in [4.78, 5) is 17.4. The lowest BCUT2D eigenvalue weighted by atomic mass is 9.87. The Morgan fingerprint density at radius 3 is 2.81 bits per heavy atom. The highest BCUT2D eigenvalue weighted by Gasteiger charge is 2.55. The number of aryl methyl sites for hydroxylation is 1. The summed E-state index contributed by atoms with van der Waals surface area (Å²) < 4.78 is 15.4. The third-order valence-corrected chi connectivity index (χ3v) is 5.86. The van der Waals surface area contributed by atoms with Crippen LogP contribution in [0.5, 0.6) is 0 Å². The van der Waals surface area contributed by atoms with Crippen LogP contribution in [0.25, 0.3) is 0 Å². The average molecular weight is 356 g/mol. The molecule has 6 heteroatoms. The molecule has 0 bridgehead atoms. The lowest BCUT2D eigenvalue weighted by Gasteiger charge is -2.35. The summed E-state index contributed by atoms with van der Waals surface area (Å²) in [7, 11) is 1.82. The number of amides is 1. The van der Waals surface area contributed by atoms with Gasteiger partial charge in [0.1, 0.15) is 5.82 Å². The van der Waals surface area contributed by atoms with Crippen molar-refractivity contribution in [3.63, 3.8) is 0 Å². The zero-order valence-electron chi connectivity index (χ0n) is 15.6. The van der Waals surface area contributed by atoms with Crippen molar-refractivity contribution < 1.29 is 9.18 Å². The van der Waals surface area contributed by atoms with Crippen molar-refractivity contribution in [1.82, 2.24) is 14.7 Å². The number of carbonyl (C=O) groups is 1. The minimum absolute atomic E-state index is 0.0486. The van der Waals surface area contributed by atoms with Gasteiger partial charge in [0.15, 0.2) is 0 Å². The van der Waals surface area contributed by atoms with Gasteiger partial charge >= 0.3 is 0 Å². The molecule has 2 saturated heterocycles. The predicted octanol–water partition coefficient (Wildman–Crippen LogP) is 3.22. The molecule has 2 aliphatic rings. The van der Waals surface area contributed by atoms with E-state index in [1.165, 1.54) is 6.07 Å². The Morgan fingerprint density at radius 1 is 1.31 bits per heavy atom. The summed E-state index contributed by atoms with van der Waals surface area (Å²) in [5, 5.41) is 4.14. The molecule has 1 unspecified atom stereocenters. The fourth-order valence-electron chi connectivity index (χ4n) is 4.84. The van der Waals surface area contributed by atoms with Crippen molar-refractivity contribution >= 4 is 11.6 Å². The number of carbonyl (C=O) groups excluding carboxylic acids is 1. The number of benzene rings is 1. The van der Waals surface area contributed by atoms with E-state index >= 15 is 0 Å². The molecule has 1 aromatic heterocycles. The van der Waals surface area contributed by atoms with Gasteiger partial charge in [-0.25, -0.2) is 4.39 Å². The Hall–Kier alpha value is -2.37. The van der Waals surface area contributed by atoms with E-state index in [2.05, 4.69) is 23.8 Å². The van der Waals surface area contributed by atoms with Crippen LogP contribution in [0.2, 0.25) is 0 Å². The smallest absolute Gasteiger partial charge is 0.257 e. The molecule has 5 nitrogen and oxygen atoms in total. The number of halogens is 1. The van der Waals surface area contributed by atoms with Gasteiger partial charge in [-0.3, -0.25) is 9.48 Å². The summed E-state index contributed by atoms with van der Waals surface area (Å²) in [5.74, 6) is -0.179. The molecular weight excluding hydrogens is 331 g/mol. The van der Waals surface area contributed by atoms with Gasteiger partial charge in [0.05, 0.1) is 17.3 Å². The highest BCUT2D eigenvalue weighted by Crippen LogP contribution is 2.47. The van der Waals surface area contributed by atoms with E-state index in [1.807, 2.05) is 18.0 Å². The van der Waals surface area contributed by atoms with E-state index < -0.39 is 0 Å². The molecule has 2 aliphatic heterocycles. The predicted molar refractivity (Wildman–Crippen MR) is 98.7 cm³/mol. The van der Waals surface area contributed by atoms with Crippen LogP contribution in [0.3, 0.4) is 0 Å². The molecule has 0 radical (unpaired) electrons. The first-order valence-corrected chi connectivity index (χ1v) is 9.15. The first-order chi connectivity index (χ1) is 12.3. The van der Waals surface area contributed by atoms with Gasteiger partial charge < -0.3 is 9.80 Å². The van der Waals surface area contributed by atoms with E-state index in [4.69, 9.17) is 0 Å². The lowest BCUT2D eigenvalue weighted by molar-refractivity contribution is 0.0617. The van der Waals surface area contributed by atoms with Gasteiger partial charge in [-0.1, -0.05) is 6.07 Å². The second-order valence-corrected chi connectivity index (χ2v) is 8.24. The molecule has 0 N–H and O–H groups in total. The number of hydrogen-bond acceptors (Lipinski definition) is 3. The molecule has 1 atom stereocenters. The number of likely N-dealkylation sites (tertiary alicyclic amines) is 1. The topological polar surface area (TPSA) is 41.4 Å². The molecule has 2 fully saturated rings. The monoisotopic (exact) mass is 356 g/mol. The maximum Gasteiger partial charge on any atom is 0.257 e. The number of anilines is 1. The normalized spacial score (nSPS) is 24.6. The minimum Gasteiger partial charge on any atom is -0.364 e. The Balaban J connectivity index is 1.66. The number of nitrogens with zero attached hydrogens (tertiary/aromatic N) is 4. The zero-order chi connectivity index (χ0) is 18.5. The lowest BCUT2D eigenvalue weighted by Crippen LogP contribution is -2.49. The van der Waals surface area contributed by atoms with Crippen LogP contribution in [0.1, 0.15) is 43.5 Å². The van der Waals surface area contributed by atoms with Gasteiger partial charge in [0.25, 0.3) is 5.91 Å². The minimum atomic E-state index is -0.228. The largest absolute Gasteiger partial charge is 0.364 e. The van der Waals surface area contributed by atoms with Crippen LogP contribution in [-0.2, 0) is 7.05 Å². The van der Waals surface area contributed by atoms with Gasteiger partial charge in [-0.2, -0.15) is 5.10 Å². The van der Waals surface area contributed by atoms with Crippen molar-refractivity contribution in [1.29, 1.82) is 0 Å². The average Bonchev–Trinajstić information content (AvgIpc) is 3.25. The van der Waals surface area contributed by atoms with Crippen LogP contribution >= 0.6 is 0 Å². The maximum absolute atomic E-state index is 13.8. The summed E-state index contributed by atoms with van der Waals surface area (Å²) in [6.07, 6.45) is 6.27. The first kappa shape index (κ1) is 17.1. The third-order valence-electron chi connectivity index (χ3n) is 5.86. The summed E-state index contributed by atoms with van der Waals surface area (Å²) >= 11 is 0. The van der Waals surface area contributed by atoms with Crippen LogP contribution in [0.4, 0.5) is 10.1 Å². The molecule has 1 spiro atoms. The van der Waals surface area contributed by atoms with E-state index in [1.54, 1.807) is 29.2 Å². The van der Waals surface area contributed by atoms with Crippen molar-refractivity contribution in [2.75, 3.05) is 18.0 Å². The Kier molecular flexibility index (Phi) is 3.82. The Bertz CT molecular complexity index is 846. The summed E-state index contributed by atoms with van der Waals surface area (Å²) in [6.45, 7) is 5.85. The van der Waals surface area contributed by atoms with Gasteiger partial charge in [-0.05, 0) is 51.3 Å². The van der Waals surface area contributed by atoms with Crippen LogP contribution in [-0.4, -0.2) is 44.8 Å². The molecule has 138 valence electrons. The second-order valence-electron chi connectivity index (χ2n) is 8.24. The van der Waals surface area contributed by atoms with Crippen molar-refractivity contribution in [2.24, 2.45) is 7.05 Å². The number of aromatic nitrogens is 2. The zero-order valence-corrected chi connectivity index (χ0v) is 15.6. The van der Waals surface area contributed by atoms with Gasteiger partial charge in [0, 0.05) is 37.6 Å². The first-order valence-electron chi connectivity index (χ1n) is 9.15.